The number of para-hydroxylation sites is 1. The van der Waals surface area contributed by atoms with Gasteiger partial charge < -0.3 is 10.6 Å². The van der Waals surface area contributed by atoms with Gasteiger partial charge in [0, 0.05) is 6.54 Å². The Kier molecular flexibility index (Phi) is 2.93. The Hall–Kier alpha value is -1.37. The molecule has 23 heavy (non-hydrogen) atoms. The van der Waals surface area contributed by atoms with Crippen molar-refractivity contribution in [2.45, 2.75) is 18.4 Å². The highest BCUT2D eigenvalue weighted by molar-refractivity contribution is 7.22. The monoisotopic (exact) mass is 347 g/mol. The van der Waals surface area contributed by atoms with E-state index in [9.17, 15) is 0 Å². The summed E-state index contributed by atoms with van der Waals surface area (Å²) in [5.74, 6) is 1.25. The minimum atomic E-state index is -0.0395. The van der Waals surface area contributed by atoms with Crippen LogP contribution >= 0.6 is 22.9 Å². The molecule has 4 aliphatic heterocycles. The van der Waals surface area contributed by atoms with Gasteiger partial charge >= 0.3 is 0 Å². The third-order valence-corrected chi connectivity index (χ3v) is 6.83. The summed E-state index contributed by atoms with van der Waals surface area (Å²) in [5, 5.41) is 1.60. The number of halogens is 1. The van der Waals surface area contributed by atoms with Crippen molar-refractivity contribution in [3.05, 3.63) is 23.2 Å². The van der Waals surface area contributed by atoms with Crippen LogP contribution in [-0.2, 0) is 0 Å². The van der Waals surface area contributed by atoms with Crippen molar-refractivity contribution in [1.29, 1.82) is 0 Å². The standard InChI is InChI=1S/C16H18ClN5S/c17-11-2-1-3-12-13(11)19-15(23-12)22-9-16(20-14(22)18)8-21-6-4-10(16)5-7-21/h1-3,10H,4-9H2,(H2,18,20). The lowest BCUT2D eigenvalue weighted by Crippen LogP contribution is -2.60. The number of guanidine groups is 1. The molecule has 5 nitrogen and oxygen atoms in total. The first-order valence-electron chi connectivity index (χ1n) is 8.05. The Morgan fingerprint density at radius 2 is 2.09 bits per heavy atom. The van der Waals surface area contributed by atoms with E-state index in [4.69, 9.17) is 27.3 Å². The number of nitrogens with zero attached hydrogens (tertiary/aromatic N) is 4. The molecule has 0 amide bonds. The van der Waals surface area contributed by atoms with E-state index in [-0.39, 0.29) is 5.54 Å². The van der Waals surface area contributed by atoms with Gasteiger partial charge in [-0.1, -0.05) is 29.0 Å². The average molecular weight is 348 g/mol. The molecule has 1 aromatic carbocycles. The molecule has 0 saturated carbocycles. The van der Waals surface area contributed by atoms with Gasteiger partial charge in [0.1, 0.15) is 5.52 Å². The first-order valence-corrected chi connectivity index (χ1v) is 9.24. The predicted octanol–water partition coefficient (Wildman–Crippen LogP) is 2.55. The van der Waals surface area contributed by atoms with Gasteiger partial charge in [0.15, 0.2) is 11.1 Å². The number of nitrogens with two attached hydrogens (primary N) is 1. The van der Waals surface area contributed by atoms with Crippen LogP contribution in [0.15, 0.2) is 23.2 Å². The second-order valence-corrected chi connectivity index (χ2v) is 8.21. The molecule has 1 atom stereocenters. The normalized spacial score (nSPS) is 32.9. The molecule has 2 aromatic rings. The Morgan fingerprint density at radius 3 is 2.78 bits per heavy atom. The second-order valence-electron chi connectivity index (χ2n) is 6.79. The smallest absolute Gasteiger partial charge is 0.198 e. The van der Waals surface area contributed by atoms with E-state index in [1.807, 2.05) is 12.1 Å². The van der Waals surface area contributed by atoms with Gasteiger partial charge in [-0.3, -0.25) is 4.90 Å². The molecule has 1 aromatic heterocycles. The van der Waals surface area contributed by atoms with Crippen molar-refractivity contribution in [2.75, 3.05) is 31.1 Å². The van der Waals surface area contributed by atoms with Crippen LogP contribution in [0.25, 0.3) is 10.2 Å². The third kappa shape index (κ3) is 2.01. The van der Waals surface area contributed by atoms with Crippen LogP contribution in [-0.4, -0.2) is 47.6 Å². The highest BCUT2D eigenvalue weighted by Crippen LogP contribution is 2.43. The zero-order valence-corrected chi connectivity index (χ0v) is 14.3. The molecule has 120 valence electrons. The largest absolute Gasteiger partial charge is 0.369 e. The fourth-order valence-corrected chi connectivity index (χ4v) is 5.59. The first kappa shape index (κ1) is 14.0. The van der Waals surface area contributed by atoms with Crippen molar-refractivity contribution >= 4 is 44.2 Å². The molecule has 4 aliphatic rings. The summed E-state index contributed by atoms with van der Waals surface area (Å²) in [6, 6.07) is 5.89. The maximum absolute atomic E-state index is 6.30. The first-order chi connectivity index (χ1) is 11.1. The van der Waals surface area contributed by atoms with E-state index in [0.717, 1.165) is 28.4 Å². The predicted molar refractivity (Wildman–Crippen MR) is 95.5 cm³/mol. The van der Waals surface area contributed by atoms with Gasteiger partial charge in [0.25, 0.3) is 0 Å². The van der Waals surface area contributed by atoms with Gasteiger partial charge in [0.05, 0.1) is 21.8 Å². The summed E-state index contributed by atoms with van der Waals surface area (Å²) in [5.41, 5.74) is 7.12. The Balaban J connectivity index is 1.52. The lowest BCUT2D eigenvalue weighted by Gasteiger charge is -2.49. The Bertz CT molecular complexity index is 810. The van der Waals surface area contributed by atoms with Crippen LogP contribution < -0.4 is 10.6 Å². The molecule has 2 bridgehead atoms. The average Bonchev–Trinajstić information content (AvgIpc) is 3.11. The van der Waals surface area contributed by atoms with Crippen LogP contribution in [0.4, 0.5) is 5.13 Å². The highest BCUT2D eigenvalue weighted by Gasteiger charge is 2.51. The van der Waals surface area contributed by atoms with Gasteiger partial charge in [0.2, 0.25) is 0 Å². The number of benzene rings is 1. The van der Waals surface area contributed by atoms with Gasteiger partial charge in [-0.05, 0) is 44.0 Å². The number of anilines is 1. The number of rotatable bonds is 1. The molecule has 2 N–H and O–H groups in total. The number of hydrogen-bond acceptors (Lipinski definition) is 6. The summed E-state index contributed by atoms with van der Waals surface area (Å²) >= 11 is 7.90. The molecule has 6 rings (SSSR count). The number of piperidine rings is 3. The summed E-state index contributed by atoms with van der Waals surface area (Å²) in [7, 11) is 0. The van der Waals surface area contributed by atoms with Crippen molar-refractivity contribution in [2.24, 2.45) is 16.6 Å². The number of aliphatic imine (C=N–C) groups is 1. The Morgan fingerprint density at radius 1 is 1.26 bits per heavy atom. The minimum Gasteiger partial charge on any atom is -0.369 e. The summed E-state index contributed by atoms with van der Waals surface area (Å²) in [6.07, 6.45) is 2.46. The van der Waals surface area contributed by atoms with Crippen molar-refractivity contribution in [1.82, 2.24) is 9.88 Å². The molecular weight excluding hydrogens is 330 g/mol. The lowest BCUT2D eigenvalue weighted by molar-refractivity contribution is 0.0390. The van der Waals surface area contributed by atoms with Crippen LogP contribution in [0.1, 0.15) is 12.8 Å². The third-order valence-electron chi connectivity index (χ3n) is 5.48. The van der Waals surface area contributed by atoms with Gasteiger partial charge in [-0.2, -0.15) is 0 Å². The number of fused-ring (bicyclic) bond motifs is 3. The summed E-state index contributed by atoms with van der Waals surface area (Å²) < 4.78 is 1.09. The van der Waals surface area contributed by atoms with Crippen molar-refractivity contribution < 1.29 is 0 Å². The number of hydrogen-bond donors (Lipinski definition) is 1. The maximum atomic E-state index is 6.30. The molecule has 5 heterocycles. The van der Waals surface area contributed by atoms with Crippen LogP contribution in [0.5, 0.6) is 0 Å². The molecule has 0 radical (unpaired) electrons. The van der Waals surface area contributed by atoms with Crippen molar-refractivity contribution in [3.63, 3.8) is 0 Å². The quantitative estimate of drug-likeness (QED) is 0.861. The van der Waals surface area contributed by atoms with Gasteiger partial charge in [-0.15, -0.1) is 0 Å². The molecule has 0 aliphatic carbocycles. The number of thiazole rings is 1. The van der Waals surface area contributed by atoms with Crippen LogP contribution in [0.2, 0.25) is 5.02 Å². The van der Waals surface area contributed by atoms with E-state index in [1.165, 1.54) is 25.9 Å². The van der Waals surface area contributed by atoms with E-state index in [0.29, 0.717) is 16.9 Å². The fourth-order valence-electron chi connectivity index (χ4n) is 4.31. The molecular formula is C16H18ClN5S. The minimum absolute atomic E-state index is 0.0395. The SMILES string of the molecule is NC1=NC2(CN3CCC2CC3)CN1c1nc2c(Cl)cccc2s1. The number of aromatic nitrogens is 1. The molecule has 3 saturated heterocycles. The summed E-state index contributed by atoms with van der Waals surface area (Å²) in [4.78, 5) is 14.3. The van der Waals surface area contributed by atoms with E-state index in [1.54, 1.807) is 11.3 Å². The van der Waals surface area contributed by atoms with E-state index >= 15 is 0 Å². The van der Waals surface area contributed by atoms with Gasteiger partial charge in [-0.25, -0.2) is 9.98 Å². The van der Waals surface area contributed by atoms with E-state index < -0.39 is 0 Å². The zero-order valence-electron chi connectivity index (χ0n) is 12.7. The topological polar surface area (TPSA) is 57.8 Å². The summed E-state index contributed by atoms with van der Waals surface area (Å²) in [6.45, 7) is 4.29. The molecule has 1 spiro atoms. The Labute approximate surface area is 143 Å². The molecule has 3 fully saturated rings. The molecule has 7 heteroatoms. The lowest BCUT2D eigenvalue weighted by atomic mass is 9.73. The molecule has 1 unspecified atom stereocenters. The fraction of sp³-hybridized carbons (Fsp3) is 0.500. The second kappa shape index (κ2) is 4.82. The van der Waals surface area contributed by atoms with E-state index in [2.05, 4.69) is 15.9 Å². The van der Waals surface area contributed by atoms with Crippen LogP contribution in [0.3, 0.4) is 0 Å². The van der Waals surface area contributed by atoms with Crippen molar-refractivity contribution in [3.8, 4) is 0 Å². The van der Waals surface area contributed by atoms with Crippen LogP contribution in [0, 0.1) is 5.92 Å². The maximum Gasteiger partial charge on any atom is 0.198 e. The zero-order chi connectivity index (χ0) is 15.6. The highest BCUT2D eigenvalue weighted by atomic mass is 35.5.